The number of benzene rings is 2. The Morgan fingerprint density at radius 3 is 2.25 bits per heavy atom. The van der Waals surface area contributed by atoms with Gasteiger partial charge in [0.2, 0.25) is 5.82 Å². The van der Waals surface area contributed by atoms with Gasteiger partial charge in [0.15, 0.2) is 34.2 Å². The van der Waals surface area contributed by atoms with E-state index in [1.54, 1.807) is 13.0 Å². The van der Waals surface area contributed by atoms with Crippen molar-refractivity contribution >= 4 is 28.8 Å². The molecule has 3 aromatic rings. The summed E-state index contributed by atoms with van der Waals surface area (Å²) in [6.45, 7) is -2.09. The molecule has 3 rings (SSSR count). The Balaban J connectivity index is 1.73. The molecular weight excluding hydrogens is 465 g/mol. The summed E-state index contributed by atoms with van der Waals surface area (Å²) < 4.78 is 98.0. The number of aromatic nitrogens is 2. The van der Waals surface area contributed by atoms with Crippen LogP contribution in [-0.2, 0) is 6.54 Å². The molecule has 0 unspecified atom stereocenters. The molecule has 170 valence electrons. The summed E-state index contributed by atoms with van der Waals surface area (Å²) in [5.74, 6) is -10.4. The average molecular weight is 478 g/mol. The zero-order chi connectivity index (χ0) is 23.6. The molecule has 5 nitrogen and oxygen atoms in total. The Bertz CT molecular complexity index is 1140. The fourth-order valence-electron chi connectivity index (χ4n) is 2.68. The van der Waals surface area contributed by atoms with Gasteiger partial charge in [-0.05, 0) is 36.8 Å². The van der Waals surface area contributed by atoms with Gasteiger partial charge in [0.25, 0.3) is 0 Å². The number of hydrogen-bond donors (Lipinski definition) is 2. The van der Waals surface area contributed by atoms with Crippen LogP contribution in [0.3, 0.4) is 0 Å². The molecule has 0 spiro atoms. The molecule has 0 saturated heterocycles. The third-order valence-corrected chi connectivity index (χ3v) is 4.31. The van der Waals surface area contributed by atoms with Crippen molar-refractivity contribution in [2.75, 3.05) is 10.6 Å². The summed E-state index contributed by atoms with van der Waals surface area (Å²) >= 11 is 5.09. The largest absolute Gasteiger partial charge is 0.433 e. The zero-order valence-corrected chi connectivity index (χ0v) is 16.8. The number of aryl methyl sites for hydroxylation is 1. The minimum atomic E-state index is -3.06. The summed E-state index contributed by atoms with van der Waals surface area (Å²) in [6, 6.07) is 5.70. The molecule has 13 heteroatoms. The number of nitrogens with zero attached hydrogens (tertiary/aromatic N) is 2. The Morgan fingerprint density at radius 2 is 1.62 bits per heavy atom. The Hall–Kier alpha value is -3.35. The molecule has 1 aromatic heterocycles. The van der Waals surface area contributed by atoms with Gasteiger partial charge >= 0.3 is 6.61 Å². The lowest BCUT2D eigenvalue weighted by Gasteiger charge is -2.14. The maximum absolute atomic E-state index is 13.8. The molecule has 1 heterocycles. The molecule has 0 saturated carbocycles. The standard InChI is InChI=1S/C19H13F7N4OS/c1-8-2-3-11(31-18(25)26)10(6-8)27-19(32)28-12-4-5-30(29-12)7-9-13(20)15(22)17(24)16(23)14(9)21/h2-6,18H,7H2,1H3,(H2,27,28,29,32). The van der Waals surface area contributed by atoms with Crippen LogP contribution in [-0.4, -0.2) is 21.5 Å². The monoisotopic (exact) mass is 478 g/mol. The SMILES string of the molecule is Cc1ccc(OC(F)F)c(NC(=S)Nc2ccn(Cc3c(F)c(F)c(F)c(F)c3F)n2)c1. The summed E-state index contributed by atoms with van der Waals surface area (Å²) in [6.07, 6.45) is 1.21. The lowest BCUT2D eigenvalue weighted by Crippen LogP contribution is -2.20. The van der Waals surface area contributed by atoms with Crippen LogP contribution in [0, 0.1) is 36.0 Å². The lowest BCUT2D eigenvalue weighted by atomic mass is 10.1. The lowest BCUT2D eigenvalue weighted by molar-refractivity contribution is -0.0493. The molecule has 2 N–H and O–H groups in total. The second kappa shape index (κ2) is 9.42. The van der Waals surface area contributed by atoms with Gasteiger partial charge in [0, 0.05) is 12.3 Å². The minimum absolute atomic E-state index is 0.0513. The highest BCUT2D eigenvalue weighted by molar-refractivity contribution is 7.80. The Morgan fingerprint density at radius 1 is 1.00 bits per heavy atom. The van der Waals surface area contributed by atoms with E-state index in [1.807, 2.05) is 0 Å². The first-order valence-corrected chi connectivity index (χ1v) is 9.15. The summed E-state index contributed by atoms with van der Waals surface area (Å²) in [5.41, 5.74) is -0.196. The first kappa shape index (κ1) is 23.3. The molecule has 0 radical (unpaired) electrons. The number of alkyl halides is 2. The van der Waals surface area contributed by atoms with E-state index >= 15 is 0 Å². The molecule has 0 aliphatic rings. The topological polar surface area (TPSA) is 51.1 Å². The molecule has 0 aliphatic heterocycles. The zero-order valence-electron chi connectivity index (χ0n) is 16.0. The summed E-state index contributed by atoms with van der Waals surface area (Å²) in [7, 11) is 0. The number of halogens is 7. The van der Waals surface area contributed by atoms with Crippen molar-refractivity contribution in [2.45, 2.75) is 20.1 Å². The smallest absolute Gasteiger partial charge is 0.387 e. The van der Waals surface area contributed by atoms with Crippen molar-refractivity contribution in [3.05, 3.63) is 70.7 Å². The van der Waals surface area contributed by atoms with Gasteiger partial charge < -0.3 is 15.4 Å². The van der Waals surface area contributed by atoms with Crippen molar-refractivity contribution in [3.63, 3.8) is 0 Å². The third-order valence-electron chi connectivity index (χ3n) is 4.10. The molecule has 32 heavy (non-hydrogen) atoms. The number of nitrogens with one attached hydrogen (secondary N) is 2. The number of rotatable bonds is 6. The predicted molar refractivity (Wildman–Crippen MR) is 105 cm³/mol. The maximum Gasteiger partial charge on any atom is 0.387 e. The van der Waals surface area contributed by atoms with Crippen LogP contribution < -0.4 is 15.4 Å². The number of hydrogen-bond acceptors (Lipinski definition) is 3. The fraction of sp³-hybridized carbons (Fsp3) is 0.158. The first-order chi connectivity index (χ1) is 15.1. The van der Waals surface area contributed by atoms with Crippen LogP contribution in [0.15, 0.2) is 30.5 Å². The second-order valence-corrected chi connectivity index (χ2v) is 6.81. The highest BCUT2D eigenvalue weighted by Gasteiger charge is 2.26. The van der Waals surface area contributed by atoms with Crippen LogP contribution in [0.4, 0.5) is 42.2 Å². The maximum atomic E-state index is 13.8. The van der Waals surface area contributed by atoms with Gasteiger partial charge in [0.1, 0.15) is 5.75 Å². The molecule has 0 amide bonds. The van der Waals surface area contributed by atoms with E-state index in [9.17, 15) is 30.7 Å². The molecule has 2 aromatic carbocycles. The second-order valence-electron chi connectivity index (χ2n) is 6.40. The first-order valence-electron chi connectivity index (χ1n) is 8.74. The van der Waals surface area contributed by atoms with E-state index in [1.165, 1.54) is 24.4 Å². The number of anilines is 2. The average Bonchev–Trinajstić information content (AvgIpc) is 3.16. The van der Waals surface area contributed by atoms with Crippen LogP contribution >= 0.6 is 12.2 Å². The summed E-state index contributed by atoms with van der Waals surface area (Å²) in [4.78, 5) is 0. The fourth-order valence-corrected chi connectivity index (χ4v) is 2.89. The van der Waals surface area contributed by atoms with E-state index in [-0.39, 0.29) is 22.4 Å². The van der Waals surface area contributed by atoms with Gasteiger partial charge in [-0.3, -0.25) is 4.68 Å². The minimum Gasteiger partial charge on any atom is -0.433 e. The van der Waals surface area contributed by atoms with Crippen LogP contribution in [0.25, 0.3) is 0 Å². The molecule has 0 bridgehead atoms. The third kappa shape index (κ3) is 5.10. The number of ether oxygens (including phenoxy) is 1. The molecular formula is C19H13F7N4OS. The van der Waals surface area contributed by atoms with Gasteiger partial charge in [-0.2, -0.15) is 13.9 Å². The normalized spacial score (nSPS) is 11.0. The van der Waals surface area contributed by atoms with Gasteiger partial charge in [0.05, 0.1) is 17.8 Å². The van der Waals surface area contributed by atoms with Crippen LogP contribution in [0.1, 0.15) is 11.1 Å². The van der Waals surface area contributed by atoms with E-state index < -0.39 is 47.8 Å². The van der Waals surface area contributed by atoms with Crippen molar-refractivity contribution in [1.29, 1.82) is 0 Å². The van der Waals surface area contributed by atoms with Gasteiger partial charge in [-0.15, -0.1) is 0 Å². The van der Waals surface area contributed by atoms with Crippen molar-refractivity contribution in [3.8, 4) is 5.75 Å². The van der Waals surface area contributed by atoms with E-state index in [0.29, 0.717) is 0 Å². The predicted octanol–water partition coefficient (Wildman–Crippen LogP) is 5.35. The Kier molecular flexibility index (Phi) is 6.87. The van der Waals surface area contributed by atoms with Gasteiger partial charge in [-0.25, -0.2) is 22.0 Å². The van der Waals surface area contributed by atoms with Crippen molar-refractivity contribution in [1.82, 2.24) is 9.78 Å². The van der Waals surface area contributed by atoms with Crippen LogP contribution in [0.2, 0.25) is 0 Å². The quantitative estimate of drug-likeness (QED) is 0.217. The van der Waals surface area contributed by atoms with E-state index in [4.69, 9.17) is 12.2 Å². The highest BCUT2D eigenvalue weighted by Crippen LogP contribution is 2.28. The molecule has 0 aliphatic carbocycles. The molecule has 0 fully saturated rings. The van der Waals surface area contributed by atoms with Gasteiger partial charge in [-0.1, -0.05) is 6.07 Å². The van der Waals surface area contributed by atoms with Crippen molar-refractivity contribution < 1.29 is 35.5 Å². The Labute approximate surface area is 181 Å². The van der Waals surface area contributed by atoms with Crippen molar-refractivity contribution in [2.24, 2.45) is 0 Å². The molecule has 0 atom stereocenters. The summed E-state index contributed by atoms with van der Waals surface area (Å²) in [5, 5.41) is 9.07. The highest BCUT2D eigenvalue weighted by atomic mass is 32.1. The van der Waals surface area contributed by atoms with E-state index in [2.05, 4.69) is 20.5 Å². The van der Waals surface area contributed by atoms with Crippen LogP contribution in [0.5, 0.6) is 5.75 Å². The number of thiocarbonyl (C=S) groups is 1. The van der Waals surface area contributed by atoms with E-state index in [0.717, 1.165) is 10.2 Å².